The van der Waals surface area contributed by atoms with Crippen LogP contribution in [0.1, 0.15) is 65.1 Å². The van der Waals surface area contributed by atoms with Gasteiger partial charge in [-0.3, -0.25) is 0 Å². The van der Waals surface area contributed by atoms with Gasteiger partial charge in [-0.2, -0.15) is 4.98 Å². The normalized spacial score (nSPS) is 11.4. The van der Waals surface area contributed by atoms with Crippen molar-refractivity contribution in [3.8, 4) is 0 Å². The number of rotatable bonds is 8. The summed E-state index contributed by atoms with van der Waals surface area (Å²) in [4.78, 5) is 16.1. The van der Waals surface area contributed by atoms with Gasteiger partial charge in [-0.25, -0.2) is 4.79 Å². The van der Waals surface area contributed by atoms with Crippen molar-refractivity contribution < 1.29 is 14.1 Å². The number of esters is 1. The van der Waals surface area contributed by atoms with Crippen LogP contribution in [0.3, 0.4) is 0 Å². The van der Waals surface area contributed by atoms with Gasteiger partial charge in [0.25, 0.3) is 0 Å². The summed E-state index contributed by atoms with van der Waals surface area (Å²) >= 11 is 0. The van der Waals surface area contributed by atoms with Crippen LogP contribution in [0, 0.1) is 0 Å². The third-order valence-corrected chi connectivity index (χ3v) is 2.82. The van der Waals surface area contributed by atoms with E-state index in [1.54, 1.807) is 0 Å². The number of aryl methyl sites for hydroxylation is 1. The van der Waals surface area contributed by atoms with E-state index < -0.39 is 11.6 Å². The zero-order valence-electron chi connectivity index (χ0n) is 13.6. The summed E-state index contributed by atoms with van der Waals surface area (Å²) in [6.45, 7) is 11.4. The van der Waals surface area contributed by atoms with Crippen LogP contribution >= 0.6 is 0 Å². The minimum absolute atomic E-state index is 0.233. The van der Waals surface area contributed by atoms with E-state index in [4.69, 9.17) is 9.26 Å². The second-order valence-corrected chi connectivity index (χ2v) is 6.20. The molecule has 0 bridgehead atoms. The topological polar surface area (TPSA) is 65.2 Å². The van der Waals surface area contributed by atoms with Crippen molar-refractivity contribution in [1.82, 2.24) is 10.1 Å². The third kappa shape index (κ3) is 7.06. The second kappa shape index (κ2) is 7.96. The van der Waals surface area contributed by atoms with Crippen LogP contribution in [0.15, 0.2) is 16.7 Å². The van der Waals surface area contributed by atoms with Gasteiger partial charge < -0.3 is 9.26 Å². The number of carbonyl (C=O) groups excluding carboxylic acids is 1. The van der Waals surface area contributed by atoms with E-state index in [9.17, 15) is 4.79 Å². The van der Waals surface area contributed by atoms with Gasteiger partial charge in [-0.1, -0.05) is 37.9 Å². The summed E-state index contributed by atoms with van der Waals surface area (Å²) in [7, 11) is 0. The van der Waals surface area contributed by atoms with E-state index in [1.165, 1.54) is 19.3 Å². The lowest BCUT2D eigenvalue weighted by Crippen LogP contribution is -2.25. The summed E-state index contributed by atoms with van der Waals surface area (Å²) in [6, 6.07) is 0. The molecule has 0 fully saturated rings. The van der Waals surface area contributed by atoms with Crippen molar-refractivity contribution in [1.29, 1.82) is 0 Å². The smallest absolute Gasteiger partial charge is 0.334 e. The fourth-order valence-corrected chi connectivity index (χ4v) is 1.78. The molecule has 0 saturated heterocycles. The molecule has 0 saturated carbocycles. The van der Waals surface area contributed by atoms with E-state index in [0.29, 0.717) is 17.3 Å². The summed E-state index contributed by atoms with van der Waals surface area (Å²) in [5.41, 5.74) is -0.203. The zero-order valence-corrected chi connectivity index (χ0v) is 13.6. The molecule has 0 aliphatic heterocycles. The lowest BCUT2D eigenvalue weighted by Gasteiger charge is -2.19. The first-order valence-corrected chi connectivity index (χ1v) is 7.54. The molecule has 5 heteroatoms. The first-order valence-electron chi connectivity index (χ1n) is 7.54. The molecule has 0 aliphatic carbocycles. The van der Waals surface area contributed by atoms with Crippen molar-refractivity contribution in [2.45, 2.75) is 71.8 Å². The van der Waals surface area contributed by atoms with Crippen LogP contribution in [0.5, 0.6) is 0 Å². The Morgan fingerprint density at radius 3 is 2.62 bits per heavy atom. The molecular weight excluding hydrogens is 268 g/mol. The lowest BCUT2D eigenvalue weighted by atomic mass is 10.1. The van der Waals surface area contributed by atoms with E-state index in [2.05, 4.69) is 23.6 Å². The van der Waals surface area contributed by atoms with Crippen LogP contribution in [0.2, 0.25) is 0 Å². The van der Waals surface area contributed by atoms with Gasteiger partial charge in [0, 0.05) is 12.0 Å². The molecule has 1 aromatic rings. The van der Waals surface area contributed by atoms with E-state index in [-0.39, 0.29) is 6.42 Å². The van der Waals surface area contributed by atoms with Gasteiger partial charge in [-0.05, 0) is 27.2 Å². The van der Waals surface area contributed by atoms with Gasteiger partial charge >= 0.3 is 5.97 Å². The number of carbonyl (C=O) groups is 1. The summed E-state index contributed by atoms with van der Waals surface area (Å²) in [5.74, 6) is 0.680. The maximum Gasteiger partial charge on any atom is 0.334 e. The third-order valence-electron chi connectivity index (χ3n) is 2.82. The first-order chi connectivity index (χ1) is 9.81. The number of aromatic nitrogens is 2. The molecule has 0 unspecified atom stereocenters. The fraction of sp³-hybridized carbons (Fsp3) is 0.688. The summed E-state index contributed by atoms with van der Waals surface area (Å²) in [5, 5.41) is 3.92. The highest BCUT2D eigenvalue weighted by Crippen LogP contribution is 2.13. The molecule has 0 aliphatic rings. The molecule has 0 atom stereocenters. The minimum atomic E-state index is -0.528. The molecule has 21 heavy (non-hydrogen) atoms. The van der Waals surface area contributed by atoms with Crippen molar-refractivity contribution in [2.24, 2.45) is 0 Å². The van der Waals surface area contributed by atoms with Gasteiger partial charge in [0.1, 0.15) is 5.60 Å². The van der Waals surface area contributed by atoms with E-state index >= 15 is 0 Å². The van der Waals surface area contributed by atoms with E-state index in [1.807, 2.05) is 20.8 Å². The summed E-state index contributed by atoms with van der Waals surface area (Å²) < 4.78 is 10.4. The van der Waals surface area contributed by atoms with Gasteiger partial charge in [0.05, 0.1) is 6.42 Å². The molecule has 0 aromatic carbocycles. The van der Waals surface area contributed by atoms with Crippen LogP contribution in [-0.2, 0) is 22.4 Å². The van der Waals surface area contributed by atoms with Crippen molar-refractivity contribution in [3.63, 3.8) is 0 Å². The number of hydrogen-bond donors (Lipinski definition) is 0. The second-order valence-electron chi connectivity index (χ2n) is 6.20. The van der Waals surface area contributed by atoms with Crippen molar-refractivity contribution >= 4 is 5.97 Å². The highest BCUT2D eigenvalue weighted by molar-refractivity contribution is 5.88. The standard InChI is InChI=1S/C16H26N2O3/c1-6-7-8-9-10-13-17-14(21-18-13)11-12(2)15(19)20-16(3,4)5/h2,6-11H2,1,3-5H3. The monoisotopic (exact) mass is 294 g/mol. The molecule has 1 aromatic heterocycles. The Hall–Kier alpha value is -1.65. The van der Waals surface area contributed by atoms with Crippen LogP contribution < -0.4 is 0 Å². The predicted octanol–water partition coefficient (Wildman–Crippen LogP) is 3.63. The minimum Gasteiger partial charge on any atom is -0.457 e. The van der Waals surface area contributed by atoms with E-state index in [0.717, 1.165) is 12.8 Å². The van der Waals surface area contributed by atoms with Crippen LogP contribution in [0.4, 0.5) is 0 Å². The lowest BCUT2D eigenvalue weighted by molar-refractivity contribution is -0.150. The molecule has 1 heterocycles. The highest BCUT2D eigenvalue weighted by Gasteiger charge is 2.20. The van der Waals surface area contributed by atoms with Crippen LogP contribution in [-0.4, -0.2) is 21.7 Å². The van der Waals surface area contributed by atoms with Gasteiger partial charge in [0.15, 0.2) is 5.82 Å². The average Bonchev–Trinajstić information content (AvgIpc) is 2.80. The molecule has 0 radical (unpaired) electrons. The average molecular weight is 294 g/mol. The first kappa shape index (κ1) is 17.4. The number of nitrogens with zero attached hydrogens (tertiary/aromatic N) is 2. The van der Waals surface area contributed by atoms with Crippen molar-refractivity contribution in [2.75, 3.05) is 0 Å². The fourth-order valence-electron chi connectivity index (χ4n) is 1.78. The Balaban J connectivity index is 2.43. The molecule has 0 N–H and O–H groups in total. The molecule has 0 spiro atoms. The zero-order chi connectivity index (χ0) is 15.9. The molecule has 5 nitrogen and oxygen atoms in total. The Morgan fingerprint density at radius 1 is 1.29 bits per heavy atom. The largest absolute Gasteiger partial charge is 0.457 e. The number of ether oxygens (including phenoxy) is 1. The molecule has 1 rings (SSSR count). The van der Waals surface area contributed by atoms with Gasteiger partial charge in [-0.15, -0.1) is 0 Å². The quantitative estimate of drug-likeness (QED) is 0.416. The SMILES string of the molecule is C=C(Cc1nc(CCCCCC)no1)C(=O)OC(C)(C)C. The van der Waals surface area contributed by atoms with Crippen LogP contribution in [0.25, 0.3) is 0 Å². The van der Waals surface area contributed by atoms with Crippen molar-refractivity contribution in [3.05, 3.63) is 23.9 Å². The Bertz CT molecular complexity index is 472. The maximum atomic E-state index is 11.8. The maximum absolute atomic E-state index is 11.8. The van der Waals surface area contributed by atoms with Gasteiger partial charge in [0.2, 0.25) is 5.89 Å². The highest BCUT2D eigenvalue weighted by atomic mass is 16.6. The molecular formula is C16H26N2O3. The molecule has 0 amide bonds. The predicted molar refractivity (Wildman–Crippen MR) is 80.8 cm³/mol. The molecule has 118 valence electrons. The Labute approximate surface area is 126 Å². The summed E-state index contributed by atoms with van der Waals surface area (Å²) in [6.07, 6.45) is 5.69. The Morgan fingerprint density at radius 2 is 2.00 bits per heavy atom. The number of unbranched alkanes of at least 4 members (excludes halogenated alkanes) is 3. The number of hydrogen-bond acceptors (Lipinski definition) is 5. The Kier molecular flexibility index (Phi) is 6.59.